The largest absolute Gasteiger partial charge is 0.497 e. The third kappa shape index (κ3) is 4.10. The SMILES string of the molecule is COc1ccc(Cn2ncnc2[C@@H](C)CN2CCCCC2)cc1. The lowest BCUT2D eigenvalue weighted by Crippen LogP contribution is -2.33. The molecule has 1 fully saturated rings. The van der Waals surface area contributed by atoms with Gasteiger partial charge in [-0.05, 0) is 43.6 Å². The van der Waals surface area contributed by atoms with Crippen LogP contribution in [0, 0.1) is 0 Å². The molecule has 5 nitrogen and oxygen atoms in total. The highest BCUT2D eigenvalue weighted by Crippen LogP contribution is 2.19. The van der Waals surface area contributed by atoms with Crippen LogP contribution in [0.2, 0.25) is 0 Å². The van der Waals surface area contributed by atoms with Gasteiger partial charge in [-0.25, -0.2) is 9.67 Å². The van der Waals surface area contributed by atoms with Gasteiger partial charge in [0.05, 0.1) is 13.7 Å². The van der Waals surface area contributed by atoms with Gasteiger partial charge in [-0.3, -0.25) is 0 Å². The van der Waals surface area contributed by atoms with E-state index in [1.165, 1.54) is 37.9 Å². The first kappa shape index (κ1) is 16.0. The van der Waals surface area contributed by atoms with Crippen molar-refractivity contribution in [3.8, 4) is 5.75 Å². The minimum atomic E-state index is 0.397. The Morgan fingerprint density at radius 3 is 2.57 bits per heavy atom. The molecule has 1 aromatic heterocycles. The topological polar surface area (TPSA) is 43.2 Å². The third-order valence-electron chi connectivity index (χ3n) is 4.56. The fourth-order valence-corrected chi connectivity index (χ4v) is 3.29. The molecular weight excluding hydrogens is 288 g/mol. The fraction of sp³-hybridized carbons (Fsp3) is 0.556. The van der Waals surface area contributed by atoms with E-state index in [0.29, 0.717) is 5.92 Å². The first-order valence-corrected chi connectivity index (χ1v) is 8.49. The van der Waals surface area contributed by atoms with Crippen LogP contribution in [0.3, 0.4) is 0 Å². The van der Waals surface area contributed by atoms with Gasteiger partial charge < -0.3 is 9.64 Å². The smallest absolute Gasteiger partial charge is 0.138 e. The molecular formula is C18H26N4O. The van der Waals surface area contributed by atoms with Crippen LogP contribution in [-0.2, 0) is 6.54 Å². The Bertz CT molecular complexity index is 602. The van der Waals surface area contributed by atoms with E-state index in [9.17, 15) is 0 Å². The van der Waals surface area contributed by atoms with Gasteiger partial charge in [0.1, 0.15) is 17.9 Å². The summed E-state index contributed by atoms with van der Waals surface area (Å²) in [6.45, 7) is 6.52. The van der Waals surface area contributed by atoms with Crippen LogP contribution in [-0.4, -0.2) is 46.4 Å². The minimum absolute atomic E-state index is 0.397. The molecule has 5 heteroatoms. The average molecular weight is 314 g/mol. The summed E-state index contributed by atoms with van der Waals surface area (Å²) in [5.41, 5.74) is 1.21. The van der Waals surface area contributed by atoms with Crippen LogP contribution in [0.5, 0.6) is 5.75 Å². The molecule has 1 atom stereocenters. The first-order chi connectivity index (χ1) is 11.3. The second kappa shape index (κ2) is 7.59. The molecule has 0 aliphatic carbocycles. The number of piperidine rings is 1. The van der Waals surface area contributed by atoms with Crippen molar-refractivity contribution in [2.24, 2.45) is 0 Å². The summed E-state index contributed by atoms with van der Waals surface area (Å²) in [6, 6.07) is 8.14. The summed E-state index contributed by atoms with van der Waals surface area (Å²) in [4.78, 5) is 7.07. The van der Waals surface area contributed by atoms with Gasteiger partial charge in [0.15, 0.2) is 0 Å². The van der Waals surface area contributed by atoms with E-state index in [0.717, 1.165) is 24.7 Å². The van der Waals surface area contributed by atoms with Crippen LogP contribution in [0.15, 0.2) is 30.6 Å². The summed E-state index contributed by atoms with van der Waals surface area (Å²) < 4.78 is 7.23. The Hall–Kier alpha value is -1.88. The van der Waals surface area contributed by atoms with Crippen LogP contribution in [0.1, 0.15) is 43.5 Å². The maximum absolute atomic E-state index is 5.21. The van der Waals surface area contributed by atoms with E-state index in [-0.39, 0.29) is 0 Å². The molecule has 1 aliphatic heterocycles. The summed E-state index contributed by atoms with van der Waals surface area (Å²) >= 11 is 0. The Kier molecular flexibility index (Phi) is 5.28. The van der Waals surface area contributed by atoms with Crippen molar-refractivity contribution in [3.63, 3.8) is 0 Å². The standard InChI is InChI=1S/C18H26N4O/c1-15(12-21-10-4-3-5-11-21)18-19-14-20-22(18)13-16-6-8-17(23-2)9-7-16/h6-9,14-15H,3-5,10-13H2,1-2H3/t15-/m0/s1. The highest BCUT2D eigenvalue weighted by molar-refractivity contribution is 5.27. The summed E-state index contributed by atoms with van der Waals surface area (Å²) in [7, 11) is 1.69. The van der Waals surface area contributed by atoms with E-state index >= 15 is 0 Å². The second-order valence-corrected chi connectivity index (χ2v) is 6.39. The van der Waals surface area contributed by atoms with Crippen molar-refractivity contribution in [1.29, 1.82) is 0 Å². The molecule has 2 heterocycles. The molecule has 3 rings (SSSR count). The van der Waals surface area contributed by atoms with E-state index in [1.807, 2.05) is 16.8 Å². The summed E-state index contributed by atoms with van der Waals surface area (Å²) in [5, 5.41) is 4.42. The first-order valence-electron chi connectivity index (χ1n) is 8.49. The average Bonchev–Trinajstić information content (AvgIpc) is 3.05. The van der Waals surface area contributed by atoms with Crippen molar-refractivity contribution < 1.29 is 4.74 Å². The van der Waals surface area contributed by atoms with Gasteiger partial charge in [-0.2, -0.15) is 5.10 Å². The molecule has 0 radical (unpaired) electrons. The predicted molar refractivity (Wildman–Crippen MR) is 90.8 cm³/mol. The van der Waals surface area contributed by atoms with E-state index in [1.54, 1.807) is 13.4 Å². The minimum Gasteiger partial charge on any atom is -0.497 e. The lowest BCUT2D eigenvalue weighted by molar-refractivity contribution is 0.215. The monoisotopic (exact) mass is 314 g/mol. The van der Waals surface area contributed by atoms with Gasteiger partial charge in [0.2, 0.25) is 0 Å². The van der Waals surface area contributed by atoms with Crippen molar-refractivity contribution in [1.82, 2.24) is 19.7 Å². The molecule has 0 N–H and O–H groups in total. The van der Waals surface area contributed by atoms with E-state index < -0.39 is 0 Å². The van der Waals surface area contributed by atoms with Crippen LogP contribution < -0.4 is 4.74 Å². The number of methoxy groups -OCH3 is 1. The Labute approximate surface area is 138 Å². The lowest BCUT2D eigenvalue weighted by Gasteiger charge is -2.28. The van der Waals surface area contributed by atoms with Crippen LogP contribution in [0.4, 0.5) is 0 Å². The molecule has 2 aromatic rings. The normalized spacial score (nSPS) is 17.1. The summed E-state index contributed by atoms with van der Waals surface area (Å²) in [5.74, 6) is 2.35. The van der Waals surface area contributed by atoms with Gasteiger partial charge in [-0.1, -0.05) is 25.5 Å². The zero-order chi connectivity index (χ0) is 16.1. The molecule has 0 unspecified atom stereocenters. The predicted octanol–water partition coefficient (Wildman–Crippen LogP) is 2.92. The zero-order valence-electron chi connectivity index (χ0n) is 14.1. The molecule has 1 saturated heterocycles. The molecule has 1 aliphatic rings. The van der Waals surface area contributed by atoms with E-state index in [4.69, 9.17) is 4.74 Å². The number of nitrogens with zero attached hydrogens (tertiary/aromatic N) is 4. The molecule has 0 amide bonds. The molecule has 0 saturated carbocycles. The van der Waals surface area contributed by atoms with Crippen molar-refractivity contribution in [3.05, 3.63) is 42.0 Å². The van der Waals surface area contributed by atoms with Crippen molar-refractivity contribution in [2.75, 3.05) is 26.7 Å². The van der Waals surface area contributed by atoms with Gasteiger partial charge >= 0.3 is 0 Å². The van der Waals surface area contributed by atoms with Gasteiger partial charge in [0.25, 0.3) is 0 Å². The number of aromatic nitrogens is 3. The molecule has 23 heavy (non-hydrogen) atoms. The number of hydrogen-bond donors (Lipinski definition) is 0. The Morgan fingerprint density at radius 1 is 1.13 bits per heavy atom. The zero-order valence-corrected chi connectivity index (χ0v) is 14.1. The van der Waals surface area contributed by atoms with Crippen molar-refractivity contribution >= 4 is 0 Å². The number of ether oxygens (including phenoxy) is 1. The van der Waals surface area contributed by atoms with Gasteiger partial charge in [0, 0.05) is 12.5 Å². The Morgan fingerprint density at radius 2 is 1.87 bits per heavy atom. The maximum Gasteiger partial charge on any atom is 0.138 e. The van der Waals surface area contributed by atoms with Gasteiger partial charge in [-0.15, -0.1) is 0 Å². The van der Waals surface area contributed by atoms with E-state index in [2.05, 4.69) is 34.0 Å². The third-order valence-corrected chi connectivity index (χ3v) is 4.56. The Balaban J connectivity index is 1.65. The number of benzene rings is 1. The summed E-state index contributed by atoms with van der Waals surface area (Å²) in [6.07, 6.45) is 5.70. The number of rotatable bonds is 6. The second-order valence-electron chi connectivity index (χ2n) is 6.39. The number of likely N-dealkylation sites (tertiary alicyclic amines) is 1. The fourth-order valence-electron chi connectivity index (χ4n) is 3.29. The molecule has 124 valence electrons. The quantitative estimate of drug-likeness (QED) is 0.822. The molecule has 0 spiro atoms. The number of hydrogen-bond acceptors (Lipinski definition) is 4. The maximum atomic E-state index is 5.21. The van der Waals surface area contributed by atoms with Crippen LogP contribution in [0.25, 0.3) is 0 Å². The van der Waals surface area contributed by atoms with Crippen molar-refractivity contribution in [2.45, 2.75) is 38.6 Å². The highest BCUT2D eigenvalue weighted by atomic mass is 16.5. The lowest BCUT2D eigenvalue weighted by atomic mass is 10.1. The highest BCUT2D eigenvalue weighted by Gasteiger charge is 2.18. The van der Waals surface area contributed by atoms with Crippen LogP contribution >= 0.6 is 0 Å². The molecule has 0 bridgehead atoms. The molecule has 1 aromatic carbocycles.